The number of aliphatic hydroxyl groups is 2. The second-order valence-corrected chi connectivity index (χ2v) is 4.01. The zero-order chi connectivity index (χ0) is 14.1. The highest BCUT2D eigenvalue weighted by Gasteiger charge is 2.27. The number of carbonyl (C=O) groups excluding carboxylic acids is 2. The van der Waals surface area contributed by atoms with Gasteiger partial charge in [-0.2, -0.15) is 0 Å². The zero-order valence-electron chi connectivity index (χ0n) is 10.6. The van der Waals surface area contributed by atoms with Gasteiger partial charge in [0, 0.05) is 19.6 Å². The molecule has 0 bridgehead atoms. The molecule has 19 heavy (non-hydrogen) atoms. The lowest BCUT2D eigenvalue weighted by molar-refractivity contribution is -0.145. The minimum atomic E-state index is -0.769. The van der Waals surface area contributed by atoms with Crippen LogP contribution in [0.3, 0.4) is 0 Å². The van der Waals surface area contributed by atoms with Crippen LogP contribution >= 0.6 is 0 Å². The summed E-state index contributed by atoms with van der Waals surface area (Å²) in [5, 5.41) is 17.6. The number of ether oxygens (including phenoxy) is 3. The quantitative estimate of drug-likeness (QED) is 0.503. The first kappa shape index (κ1) is 15.7. The SMILES string of the molecule is O=C(CC1COC(=O)O1)OCCN(CCO)CCO. The van der Waals surface area contributed by atoms with Crippen molar-refractivity contribution in [1.29, 1.82) is 0 Å². The molecule has 2 N–H and O–H groups in total. The minimum absolute atomic E-state index is 0.0245. The van der Waals surface area contributed by atoms with E-state index in [1.807, 2.05) is 0 Å². The van der Waals surface area contributed by atoms with Crippen LogP contribution < -0.4 is 0 Å². The molecule has 1 aliphatic rings. The van der Waals surface area contributed by atoms with Crippen LogP contribution in [0.1, 0.15) is 6.42 Å². The maximum Gasteiger partial charge on any atom is 0.508 e. The van der Waals surface area contributed by atoms with Gasteiger partial charge in [0.2, 0.25) is 0 Å². The van der Waals surface area contributed by atoms with Crippen molar-refractivity contribution in [2.75, 3.05) is 46.1 Å². The summed E-state index contributed by atoms with van der Waals surface area (Å²) in [6.45, 7) is 1.41. The second kappa shape index (κ2) is 8.68. The summed E-state index contributed by atoms with van der Waals surface area (Å²) in [5.74, 6) is -0.476. The van der Waals surface area contributed by atoms with Gasteiger partial charge >= 0.3 is 12.1 Å². The molecule has 1 unspecified atom stereocenters. The smallest absolute Gasteiger partial charge is 0.464 e. The van der Waals surface area contributed by atoms with Gasteiger partial charge in [0.15, 0.2) is 0 Å². The molecule has 1 heterocycles. The normalized spacial score (nSPS) is 18.3. The Bertz CT molecular complexity index is 291. The zero-order valence-corrected chi connectivity index (χ0v) is 10.6. The molecule has 1 fully saturated rings. The topological polar surface area (TPSA) is 106 Å². The Morgan fingerprint density at radius 2 is 2.00 bits per heavy atom. The monoisotopic (exact) mass is 277 g/mol. The van der Waals surface area contributed by atoms with Crippen molar-refractivity contribution in [3.63, 3.8) is 0 Å². The van der Waals surface area contributed by atoms with Gasteiger partial charge in [0.25, 0.3) is 0 Å². The van der Waals surface area contributed by atoms with Crippen molar-refractivity contribution in [2.24, 2.45) is 0 Å². The van der Waals surface area contributed by atoms with E-state index in [4.69, 9.17) is 19.7 Å². The van der Waals surface area contributed by atoms with E-state index in [2.05, 4.69) is 4.74 Å². The van der Waals surface area contributed by atoms with E-state index in [9.17, 15) is 9.59 Å². The molecule has 8 nitrogen and oxygen atoms in total. The molecule has 110 valence electrons. The number of nitrogens with zero attached hydrogens (tertiary/aromatic N) is 1. The summed E-state index contributed by atoms with van der Waals surface area (Å²) in [4.78, 5) is 23.8. The van der Waals surface area contributed by atoms with E-state index in [1.54, 1.807) is 4.90 Å². The third kappa shape index (κ3) is 6.37. The first-order chi connectivity index (χ1) is 9.15. The van der Waals surface area contributed by atoms with Gasteiger partial charge in [0.05, 0.1) is 19.6 Å². The highest BCUT2D eigenvalue weighted by molar-refractivity contribution is 5.71. The van der Waals surface area contributed by atoms with Crippen molar-refractivity contribution in [3.05, 3.63) is 0 Å². The largest absolute Gasteiger partial charge is 0.508 e. The number of aliphatic hydroxyl groups excluding tert-OH is 2. The predicted octanol–water partition coefficient (Wildman–Crippen LogP) is -1.26. The van der Waals surface area contributed by atoms with Crippen molar-refractivity contribution in [2.45, 2.75) is 12.5 Å². The summed E-state index contributed by atoms with van der Waals surface area (Å²) in [6, 6.07) is 0. The molecule has 0 spiro atoms. The molecule has 0 aromatic rings. The molecule has 1 rings (SSSR count). The maximum atomic E-state index is 11.4. The van der Waals surface area contributed by atoms with E-state index in [1.165, 1.54) is 0 Å². The van der Waals surface area contributed by atoms with Gasteiger partial charge < -0.3 is 24.4 Å². The van der Waals surface area contributed by atoms with Gasteiger partial charge in [0.1, 0.15) is 19.3 Å². The fraction of sp³-hybridized carbons (Fsp3) is 0.818. The van der Waals surface area contributed by atoms with Crippen LogP contribution in [0.15, 0.2) is 0 Å². The molecule has 0 radical (unpaired) electrons. The summed E-state index contributed by atoms with van der Waals surface area (Å²) in [5.41, 5.74) is 0. The molecule has 1 saturated heterocycles. The number of esters is 1. The summed E-state index contributed by atoms with van der Waals surface area (Å²) >= 11 is 0. The van der Waals surface area contributed by atoms with E-state index in [-0.39, 0.29) is 32.8 Å². The predicted molar refractivity (Wildman–Crippen MR) is 62.4 cm³/mol. The van der Waals surface area contributed by atoms with Crippen LogP contribution in [0.4, 0.5) is 4.79 Å². The molecule has 1 aliphatic heterocycles. The van der Waals surface area contributed by atoms with E-state index in [0.717, 1.165) is 0 Å². The Morgan fingerprint density at radius 1 is 1.32 bits per heavy atom. The second-order valence-electron chi connectivity index (χ2n) is 4.01. The average Bonchev–Trinajstić information content (AvgIpc) is 2.75. The van der Waals surface area contributed by atoms with Gasteiger partial charge in [-0.25, -0.2) is 4.79 Å². The molecule has 0 amide bonds. The Balaban J connectivity index is 2.13. The van der Waals surface area contributed by atoms with Crippen LogP contribution in [0, 0.1) is 0 Å². The Kier molecular flexibility index (Phi) is 7.16. The minimum Gasteiger partial charge on any atom is -0.464 e. The molecule has 0 aromatic heterocycles. The number of rotatable bonds is 9. The van der Waals surface area contributed by atoms with Crippen molar-refractivity contribution in [1.82, 2.24) is 4.90 Å². The number of carbonyl (C=O) groups is 2. The van der Waals surface area contributed by atoms with Crippen molar-refractivity contribution >= 4 is 12.1 Å². The molecule has 8 heteroatoms. The van der Waals surface area contributed by atoms with Gasteiger partial charge in [-0.3, -0.25) is 9.69 Å². The summed E-state index contributed by atoms with van der Waals surface area (Å²) in [6.07, 6.45) is -1.38. The van der Waals surface area contributed by atoms with Gasteiger partial charge in [-0.15, -0.1) is 0 Å². The third-order valence-corrected chi connectivity index (χ3v) is 2.55. The van der Waals surface area contributed by atoms with Gasteiger partial charge in [-0.1, -0.05) is 0 Å². The Hall–Kier alpha value is -1.38. The van der Waals surface area contributed by atoms with E-state index < -0.39 is 18.2 Å². The van der Waals surface area contributed by atoms with Crippen molar-refractivity contribution in [3.8, 4) is 0 Å². The first-order valence-electron chi connectivity index (χ1n) is 6.08. The van der Waals surface area contributed by atoms with Crippen LogP contribution in [0.25, 0.3) is 0 Å². The number of hydrogen-bond donors (Lipinski definition) is 2. The number of cyclic esters (lactones) is 2. The van der Waals surface area contributed by atoms with Crippen LogP contribution in [0.5, 0.6) is 0 Å². The molecule has 0 saturated carbocycles. The van der Waals surface area contributed by atoms with Crippen LogP contribution in [-0.2, 0) is 19.0 Å². The third-order valence-electron chi connectivity index (χ3n) is 2.55. The fourth-order valence-corrected chi connectivity index (χ4v) is 1.62. The lowest BCUT2D eigenvalue weighted by Crippen LogP contribution is -2.33. The Labute approximate surface area is 110 Å². The van der Waals surface area contributed by atoms with Gasteiger partial charge in [-0.05, 0) is 0 Å². The summed E-state index contributed by atoms with van der Waals surface area (Å²) < 4.78 is 14.2. The fourth-order valence-electron chi connectivity index (χ4n) is 1.62. The van der Waals surface area contributed by atoms with Crippen LogP contribution in [0.2, 0.25) is 0 Å². The van der Waals surface area contributed by atoms with E-state index >= 15 is 0 Å². The molecule has 0 aromatic carbocycles. The standard InChI is InChI=1S/C11H19NO7/c13-4-1-12(2-5-14)3-6-17-10(15)7-9-8-18-11(16)19-9/h9,13-14H,1-8H2. The maximum absolute atomic E-state index is 11.4. The Morgan fingerprint density at radius 3 is 2.53 bits per heavy atom. The lowest BCUT2D eigenvalue weighted by Gasteiger charge is -2.19. The van der Waals surface area contributed by atoms with Crippen molar-refractivity contribution < 1.29 is 34.0 Å². The summed E-state index contributed by atoms with van der Waals surface area (Å²) in [7, 11) is 0. The molecule has 1 atom stereocenters. The number of hydrogen-bond acceptors (Lipinski definition) is 8. The first-order valence-corrected chi connectivity index (χ1v) is 6.08. The lowest BCUT2D eigenvalue weighted by atomic mass is 10.3. The molecular weight excluding hydrogens is 258 g/mol. The molecule has 0 aliphatic carbocycles. The highest BCUT2D eigenvalue weighted by atomic mass is 16.8. The molecular formula is C11H19NO7. The highest BCUT2D eigenvalue weighted by Crippen LogP contribution is 2.10. The van der Waals surface area contributed by atoms with Crippen LogP contribution in [-0.4, -0.2) is 79.4 Å². The van der Waals surface area contributed by atoms with E-state index in [0.29, 0.717) is 19.6 Å². The average molecular weight is 277 g/mol.